The highest BCUT2D eigenvalue weighted by Crippen LogP contribution is 2.24. The van der Waals surface area contributed by atoms with E-state index in [1.165, 1.54) is 5.56 Å². The van der Waals surface area contributed by atoms with Crippen molar-refractivity contribution in [3.05, 3.63) is 53.9 Å². The monoisotopic (exact) mass is 257 g/mol. The van der Waals surface area contributed by atoms with E-state index in [1.807, 2.05) is 18.2 Å². The van der Waals surface area contributed by atoms with Crippen LogP contribution >= 0.6 is 0 Å². The molecule has 1 atom stereocenters. The van der Waals surface area contributed by atoms with Crippen molar-refractivity contribution in [1.29, 1.82) is 0 Å². The van der Waals surface area contributed by atoms with Crippen molar-refractivity contribution in [3.63, 3.8) is 0 Å². The lowest BCUT2D eigenvalue weighted by Crippen LogP contribution is -1.95. The van der Waals surface area contributed by atoms with E-state index < -0.39 is 6.10 Å². The van der Waals surface area contributed by atoms with Crippen LogP contribution in [0.4, 0.5) is 0 Å². The lowest BCUT2D eigenvalue weighted by atomic mass is 10.0. The molecule has 1 aromatic carbocycles. The number of pyridine rings is 1. The molecular formula is C16H19NO2. The molecule has 0 aliphatic carbocycles. The number of hydrogen-bond acceptors (Lipinski definition) is 3. The second-order valence-corrected chi connectivity index (χ2v) is 4.92. The summed E-state index contributed by atoms with van der Waals surface area (Å²) >= 11 is 0. The summed E-state index contributed by atoms with van der Waals surface area (Å²) in [6.07, 6.45) is 1.07. The third kappa shape index (κ3) is 3.55. The predicted molar refractivity (Wildman–Crippen MR) is 75.5 cm³/mol. The molecule has 1 aromatic heterocycles. The fourth-order valence-electron chi connectivity index (χ4n) is 1.76. The normalized spacial score (nSPS) is 12.5. The van der Waals surface area contributed by atoms with E-state index in [9.17, 15) is 5.11 Å². The molecule has 3 nitrogen and oxygen atoms in total. The van der Waals surface area contributed by atoms with Crippen molar-refractivity contribution in [2.45, 2.75) is 32.8 Å². The van der Waals surface area contributed by atoms with E-state index in [0.29, 0.717) is 17.4 Å². The Kier molecular flexibility index (Phi) is 4.17. The standard InChI is InChI=1S/C16H19NO2/c1-11(2)13-4-6-14(7-5-13)19-15-8-9-16(12(3)18)17-10-15/h4-12,18H,1-3H3/t12-/m1/s1. The average molecular weight is 257 g/mol. The van der Waals surface area contributed by atoms with Crippen molar-refractivity contribution in [1.82, 2.24) is 4.98 Å². The van der Waals surface area contributed by atoms with Crippen LogP contribution in [0.5, 0.6) is 11.5 Å². The van der Waals surface area contributed by atoms with E-state index in [0.717, 1.165) is 5.75 Å². The van der Waals surface area contributed by atoms with Gasteiger partial charge in [0.2, 0.25) is 0 Å². The first-order valence-electron chi connectivity index (χ1n) is 6.48. The molecule has 1 N–H and O–H groups in total. The molecule has 0 fully saturated rings. The van der Waals surface area contributed by atoms with Gasteiger partial charge in [0.25, 0.3) is 0 Å². The molecule has 0 unspecified atom stereocenters. The van der Waals surface area contributed by atoms with Crippen LogP contribution in [0.15, 0.2) is 42.6 Å². The summed E-state index contributed by atoms with van der Waals surface area (Å²) in [4.78, 5) is 4.15. The van der Waals surface area contributed by atoms with Crippen molar-refractivity contribution >= 4 is 0 Å². The second kappa shape index (κ2) is 5.85. The molecule has 19 heavy (non-hydrogen) atoms. The molecule has 1 heterocycles. The zero-order valence-electron chi connectivity index (χ0n) is 11.5. The maximum absolute atomic E-state index is 9.38. The minimum Gasteiger partial charge on any atom is -0.456 e. The van der Waals surface area contributed by atoms with E-state index in [1.54, 1.807) is 19.2 Å². The number of aliphatic hydroxyl groups is 1. The highest BCUT2D eigenvalue weighted by Gasteiger charge is 2.04. The molecule has 0 aliphatic rings. The summed E-state index contributed by atoms with van der Waals surface area (Å²) in [6.45, 7) is 6.01. The zero-order valence-corrected chi connectivity index (χ0v) is 11.5. The summed E-state index contributed by atoms with van der Waals surface area (Å²) in [6, 6.07) is 11.6. The first-order valence-corrected chi connectivity index (χ1v) is 6.48. The van der Waals surface area contributed by atoms with Crippen LogP contribution in [0.25, 0.3) is 0 Å². The summed E-state index contributed by atoms with van der Waals surface area (Å²) < 4.78 is 5.70. The molecule has 0 saturated heterocycles. The number of ether oxygens (including phenoxy) is 1. The van der Waals surface area contributed by atoms with Gasteiger partial charge in [-0.1, -0.05) is 26.0 Å². The van der Waals surface area contributed by atoms with Gasteiger partial charge in [-0.05, 0) is 42.7 Å². The van der Waals surface area contributed by atoms with Crippen molar-refractivity contribution in [2.75, 3.05) is 0 Å². The van der Waals surface area contributed by atoms with Crippen LogP contribution in [0.3, 0.4) is 0 Å². The van der Waals surface area contributed by atoms with Crippen LogP contribution in [0.2, 0.25) is 0 Å². The number of hydrogen-bond donors (Lipinski definition) is 1. The topological polar surface area (TPSA) is 42.4 Å². The second-order valence-electron chi connectivity index (χ2n) is 4.92. The van der Waals surface area contributed by atoms with Crippen LogP contribution in [-0.2, 0) is 0 Å². The Morgan fingerprint density at radius 2 is 1.58 bits per heavy atom. The molecular weight excluding hydrogens is 238 g/mol. The van der Waals surface area contributed by atoms with Crippen LogP contribution in [0.1, 0.15) is 44.1 Å². The lowest BCUT2D eigenvalue weighted by Gasteiger charge is -2.09. The molecule has 0 spiro atoms. The van der Waals surface area contributed by atoms with Gasteiger partial charge in [-0.2, -0.15) is 0 Å². The van der Waals surface area contributed by atoms with E-state index in [-0.39, 0.29) is 0 Å². The van der Waals surface area contributed by atoms with E-state index in [4.69, 9.17) is 4.74 Å². The minimum atomic E-state index is -0.556. The first-order chi connectivity index (χ1) is 9.06. The van der Waals surface area contributed by atoms with Crippen LogP contribution < -0.4 is 4.74 Å². The molecule has 0 amide bonds. The van der Waals surface area contributed by atoms with Gasteiger partial charge >= 0.3 is 0 Å². The fraction of sp³-hybridized carbons (Fsp3) is 0.312. The van der Waals surface area contributed by atoms with Gasteiger partial charge in [-0.15, -0.1) is 0 Å². The minimum absolute atomic E-state index is 0.515. The summed E-state index contributed by atoms with van der Waals surface area (Å²) in [7, 11) is 0. The summed E-state index contributed by atoms with van der Waals surface area (Å²) in [5.41, 5.74) is 1.93. The molecule has 0 radical (unpaired) electrons. The molecule has 2 aromatic rings. The zero-order chi connectivity index (χ0) is 13.8. The molecule has 0 aliphatic heterocycles. The molecule has 100 valence electrons. The Balaban J connectivity index is 2.08. The van der Waals surface area contributed by atoms with Gasteiger partial charge in [0.05, 0.1) is 18.0 Å². The van der Waals surface area contributed by atoms with Gasteiger partial charge in [0.15, 0.2) is 0 Å². The smallest absolute Gasteiger partial charge is 0.145 e. The molecule has 0 bridgehead atoms. The Morgan fingerprint density at radius 3 is 2.05 bits per heavy atom. The molecule has 3 heteroatoms. The highest BCUT2D eigenvalue weighted by molar-refractivity contribution is 5.33. The van der Waals surface area contributed by atoms with Crippen molar-refractivity contribution in [3.8, 4) is 11.5 Å². The van der Waals surface area contributed by atoms with Gasteiger partial charge in [0, 0.05) is 0 Å². The third-order valence-electron chi connectivity index (χ3n) is 2.97. The maximum atomic E-state index is 9.38. The van der Waals surface area contributed by atoms with Crippen molar-refractivity contribution in [2.24, 2.45) is 0 Å². The number of aromatic nitrogens is 1. The van der Waals surface area contributed by atoms with Gasteiger partial charge in [-0.25, -0.2) is 0 Å². The van der Waals surface area contributed by atoms with Gasteiger partial charge in [-0.3, -0.25) is 4.98 Å². The highest BCUT2D eigenvalue weighted by atomic mass is 16.5. The molecule has 0 saturated carbocycles. The summed E-state index contributed by atoms with van der Waals surface area (Å²) in [5, 5.41) is 9.38. The van der Waals surface area contributed by atoms with Crippen LogP contribution in [0, 0.1) is 0 Å². The fourth-order valence-corrected chi connectivity index (χ4v) is 1.76. The van der Waals surface area contributed by atoms with Gasteiger partial charge in [0.1, 0.15) is 11.5 Å². The van der Waals surface area contributed by atoms with Crippen molar-refractivity contribution < 1.29 is 9.84 Å². The maximum Gasteiger partial charge on any atom is 0.145 e. The lowest BCUT2D eigenvalue weighted by molar-refractivity contribution is 0.194. The van der Waals surface area contributed by atoms with Gasteiger partial charge < -0.3 is 9.84 Å². The van der Waals surface area contributed by atoms with E-state index in [2.05, 4.69) is 31.0 Å². The predicted octanol–water partition coefficient (Wildman–Crippen LogP) is 4.05. The van der Waals surface area contributed by atoms with E-state index >= 15 is 0 Å². The number of nitrogens with zero attached hydrogens (tertiary/aromatic N) is 1. The average Bonchev–Trinajstić information content (AvgIpc) is 2.40. The Morgan fingerprint density at radius 1 is 0.947 bits per heavy atom. The Hall–Kier alpha value is -1.87. The Labute approximate surface area is 113 Å². The SMILES string of the molecule is CC(C)c1ccc(Oc2ccc([C@@H](C)O)nc2)cc1. The van der Waals surface area contributed by atoms with Crippen LogP contribution in [-0.4, -0.2) is 10.1 Å². The number of rotatable bonds is 4. The summed E-state index contributed by atoms with van der Waals surface area (Å²) in [5.74, 6) is 1.97. The number of benzene rings is 1. The Bertz CT molecular complexity index is 466. The first kappa shape index (κ1) is 13.6. The third-order valence-corrected chi connectivity index (χ3v) is 2.97. The largest absolute Gasteiger partial charge is 0.456 e. The molecule has 2 rings (SSSR count). The quantitative estimate of drug-likeness (QED) is 0.898. The number of aliphatic hydroxyl groups excluding tert-OH is 1.